The number of hydrogen-bond donors (Lipinski definition) is 2. The van der Waals surface area contributed by atoms with Crippen molar-refractivity contribution in [2.75, 3.05) is 16.8 Å². The maximum atomic E-state index is 11.7. The molecule has 1 aliphatic rings. The first-order chi connectivity index (χ1) is 8.83. The summed E-state index contributed by atoms with van der Waals surface area (Å²) in [7, 11) is -3.32. The maximum absolute atomic E-state index is 11.7. The van der Waals surface area contributed by atoms with Crippen molar-refractivity contribution < 1.29 is 18.3 Å². The lowest BCUT2D eigenvalue weighted by atomic mass is 9.95. The van der Waals surface area contributed by atoms with Gasteiger partial charge >= 0.3 is 5.97 Å². The van der Waals surface area contributed by atoms with Gasteiger partial charge in [-0.25, -0.2) is 13.2 Å². The molecule has 7 heteroatoms. The highest BCUT2D eigenvalue weighted by atomic mass is 79.9. The fourth-order valence-electron chi connectivity index (χ4n) is 2.28. The molecule has 0 bridgehead atoms. The fraction of sp³-hybridized carbons (Fsp3) is 0.417. The minimum Gasteiger partial charge on any atom is -0.479 e. The first-order valence-electron chi connectivity index (χ1n) is 5.81. The SMILES string of the molecule is O=C(O)C1(Nc2cccc(Br)c2)CCCS(=O)(=O)C1. The molecule has 1 aromatic rings. The molecule has 1 atom stereocenters. The molecular weight excluding hydrogens is 334 g/mol. The first-order valence-corrected chi connectivity index (χ1v) is 8.42. The van der Waals surface area contributed by atoms with E-state index in [4.69, 9.17) is 0 Å². The number of sulfone groups is 1. The molecule has 0 aromatic heterocycles. The number of carboxylic acid groups (broad SMARTS) is 1. The summed E-state index contributed by atoms with van der Waals surface area (Å²) in [6.07, 6.45) is 0.656. The Bertz CT molecular complexity index is 602. The lowest BCUT2D eigenvalue weighted by Gasteiger charge is -2.34. The van der Waals surface area contributed by atoms with Gasteiger partial charge in [0.2, 0.25) is 0 Å². The number of nitrogens with one attached hydrogen (secondary N) is 1. The first kappa shape index (κ1) is 14.3. The van der Waals surface area contributed by atoms with Crippen LogP contribution in [0.15, 0.2) is 28.7 Å². The van der Waals surface area contributed by atoms with Gasteiger partial charge in [-0.15, -0.1) is 0 Å². The van der Waals surface area contributed by atoms with E-state index in [2.05, 4.69) is 21.2 Å². The molecule has 2 N–H and O–H groups in total. The smallest absolute Gasteiger partial charge is 0.330 e. The number of halogens is 1. The van der Waals surface area contributed by atoms with Gasteiger partial charge in [-0.3, -0.25) is 0 Å². The Labute approximate surface area is 120 Å². The minimum absolute atomic E-state index is 0.0577. The van der Waals surface area contributed by atoms with Crippen molar-refractivity contribution in [3.05, 3.63) is 28.7 Å². The zero-order valence-corrected chi connectivity index (χ0v) is 12.5. The second-order valence-corrected chi connectivity index (χ2v) is 7.82. The van der Waals surface area contributed by atoms with Crippen molar-refractivity contribution in [2.45, 2.75) is 18.4 Å². The summed E-state index contributed by atoms with van der Waals surface area (Å²) < 4.78 is 24.2. The van der Waals surface area contributed by atoms with E-state index < -0.39 is 21.3 Å². The van der Waals surface area contributed by atoms with Gasteiger partial charge in [0.05, 0.1) is 11.5 Å². The predicted molar refractivity (Wildman–Crippen MR) is 76.0 cm³/mol. The third-order valence-corrected chi connectivity index (χ3v) is 5.48. The Hall–Kier alpha value is -1.08. The number of hydrogen-bond acceptors (Lipinski definition) is 4. The molecule has 2 rings (SSSR count). The van der Waals surface area contributed by atoms with E-state index in [1.807, 2.05) is 6.07 Å². The van der Waals surface area contributed by atoms with E-state index in [1.165, 1.54) is 0 Å². The van der Waals surface area contributed by atoms with Gasteiger partial charge in [0, 0.05) is 10.2 Å². The highest BCUT2D eigenvalue weighted by Gasteiger charge is 2.45. The number of aliphatic carboxylic acids is 1. The van der Waals surface area contributed by atoms with Gasteiger partial charge in [-0.2, -0.15) is 0 Å². The van der Waals surface area contributed by atoms with E-state index in [9.17, 15) is 18.3 Å². The summed E-state index contributed by atoms with van der Waals surface area (Å²) in [6.45, 7) is 0. The molecule has 1 heterocycles. The van der Waals surface area contributed by atoms with Gasteiger partial charge in [0.1, 0.15) is 5.54 Å². The normalized spacial score (nSPS) is 25.7. The molecule has 19 heavy (non-hydrogen) atoms. The monoisotopic (exact) mass is 347 g/mol. The van der Waals surface area contributed by atoms with Crippen LogP contribution in [0.4, 0.5) is 5.69 Å². The van der Waals surface area contributed by atoms with Gasteiger partial charge in [-0.1, -0.05) is 22.0 Å². The molecule has 5 nitrogen and oxygen atoms in total. The van der Waals surface area contributed by atoms with Crippen LogP contribution in [0, 0.1) is 0 Å². The Morgan fingerprint density at radius 3 is 2.74 bits per heavy atom. The van der Waals surface area contributed by atoms with Crippen molar-refractivity contribution in [1.82, 2.24) is 0 Å². The maximum Gasteiger partial charge on any atom is 0.330 e. The number of benzene rings is 1. The quantitative estimate of drug-likeness (QED) is 0.872. The summed E-state index contributed by atoms with van der Waals surface area (Å²) in [6, 6.07) is 7.03. The van der Waals surface area contributed by atoms with E-state index in [0.29, 0.717) is 18.5 Å². The summed E-state index contributed by atoms with van der Waals surface area (Å²) in [4.78, 5) is 11.5. The van der Waals surface area contributed by atoms with E-state index in [1.54, 1.807) is 18.2 Å². The average Bonchev–Trinajstić information content (AvgIpc) is 2.27. The summed E-state index contributed by atoms with van der Waals surface area (Å²) in [5.41, 5.74) is -0.841. The molecule has 0 aliphatic carbocycles. The molecule has 1 fully saturated rings. The van der Waals surface area contributed by atoms with Crippen molar-refractivity contribution in [3.63, 3.8) is 0 Å². The molecule has 1 saturated heterocycles. The second kappa shape index (κ2) is 5.13. The number of carboxylic acids is 1. The van der Waals surface area contributed by atoms with Gasteiger partial charge in [0.15, 0.2) is 9.84 Å². The Balaban J connectivity index is 2.33. The molecular formula is C12H14BrNO4S. The predicted octanol–water partition coefficient (Wildman–Crippen LogP) is 1.89. The highest BCUT2D eigenvalue weighted by Crippen LogP contribution is 2.28. The summed E-state index contributed by atoms with van der Waals surface area (Å²) in [5.74, 6) is -1.44. The van der Waals surface area contributed by atoms with Crippen LogP contribution in [0.5, 0.6) is 0 Å². The molecule has 1 unspecified atom stereocenters. The van der Waals surface area contributed by atoms with Crippen LogP contribution >= 0.6 is 15.9 Å². The lowest BCUT2D eigenvalue weighted by Crippen LogP contribution is -2.54. The van der Waals surface area contributed by atoms with Crippen LogP contribution in [-0.4, -0.2) is 36.5 Å². The number of rotatable bonds is 3. The highest BCUT2D eigenvalue weighted by molar-refractivity contribution is 9.10. The zero-order valence-electron chi connectivity index (χ0n) is 10.1. The molecule has 1 aliphatic heterocycles. The van der Waals surface area contributed by atoms with Crippen LogP contribution in [-0.2, 0) is 14.6 Å². The molecule has 0 radical (unpaired) electrons. The van der Waals surface area contributed by atoms with Crippen molar-refractivity contribution in [1.29, 1.82) is 0 Å². The number of anilines is 1. The second-order valence-electron chi connectivity index (χ2n) is 4.72. The summed E-state index contributed by atoms with van der Waals surface area (Å²) >= 11 is 3.30. The molecule has 0 spiro atoms. The van der Waals surface area contributed by atoms with Crippen molar-refractivity contribution in [3.8, 4) is 0 Å². The minimum atomic E-state index is -3.32. The van der Waals surface area contributed by atoms with Gasteiger partial charge in [0.25, 0.3) is 0 Å². The topological polar surface area (TPSA) is 83.5 Å². The Morgan fingerprint density at radius 2 is 2.16 bits per heavy atom. The average molecular weight is 348 g/mol. The van der Waals surface area contributed by atoms with Crippen LogP contribution in [0.2, 0.25) is 0 Å². The van der Waals surface area contributed by atoms with Crippen LogP contribution in [0.25, 0.3) is 0 Å². The largest absolute Gasteiger partial charge is 0.479 e. The van der Waals surface area contributed by atoms with Crippen LogP contribution in [0.1, 0.15) is 12.8 Å². The van der Waals surface area contributed by atoms with Gasteiger partial charge < -0.3 is 10.4 Å². The van der Waals surface area contributed by atoms with Crippen molar-refractivity contribution in [2.24, 2.45) is 0 Å². The zero-order chi connectivity index (χ0) is 14.1. The standard InChI is InChI=1S/C12H14BrNO4S/c13-9-3-1-4-10(7-9)14-12(11(15)16)5-2-6-19(17,18)8-12/h1,3-4,7,14H,2,5-6,8H2,(H,15,16). The Morgan fingerprint density at radius 1 is 1.42 bits per heavy atom. The molecule has 0 amide bonds. The van der Waals surface area contributed by atoms with E-state index >= 15 is 0 Å². The van der Waals surface area contributed by atoms with E-state index in [0.717, 1.165) is 4.47 Å². The molecule has 104 valence electrons. The lowest BCUT2D eigenvalue weighted by molar-refractivity contribution is -0.141. The van der Waals surface area contributed by atoms with Crippen molar-refractivity contribution >= 4 is 37.4 Å². The van der Waals surface area contributed by atoms with E-state index in [-0.39, 0.29) is 11.5 Å². The Kier molecular flexibility index (Phi) is 3.87. The third-order valence-electron chi connectivity index (χ3n) is 3.14. The third kappa shape index (κ3) is 3.27. The van der Waals surface area contributed by atoms with Crippen LogP contribution in [0.3, 0.4) is 0 Å². The summed E-state index contributed by atoms with van der Waals surface area (Å²) in [5, 5.41) is 12.3. The van der Waals surface area contributed by atoms with Crippen LogP contribution < -0.4 is 5.32 Å². The molecule has 1 aromatic carbocycles. The number of carbonyl (C=O) groups is 1. The fourth-order valence-corrected chi connectivity index (χ4v) is 4.50. The molecule has 0 saturated carbocycles. The van der Waals surface area contributed by atoms with Gasteiger partial charge in [-0.05, 0) is 31.0 Å².